The molecule has 2 aromatic carbocycles. The third kappa shape index (κ3) is 4.81. The highest BCUT2D eigenvalue weighted by Gasteiger charge is 2.20. The van der Waals surface area contributed by atoms with E-state index in [4.69, 9.17) is 4.84 Å². The van der Waals surface area contributed by atoms with Crippen molar-refractivity contribution in [1.82, 2.24) is 15.7 Å². The molecule has 6 heteroatoms. The molecule has 2 N–H and O–H groups in total. The second-order valence-electron chi connectivity index (χ2n) is 5.89. The summed E-state index contributed by atoms with van der Waals surface area (Å²) in [6, 6.07) is 17.1. The summed E-state index contributed by atoms with van der Waals surface area (Å²) in [5.74, 6) is -0.104. The zero-order valence-electron chi connectivity index (χ0n) is 13.9. The van der Waals surface area contributed by atoms with E-state index in [1.807, 2.05) is 48.5 Å². The van der Waals surface area contributed by atoms with E-state index in [9.17, 15) is 9.59 Å². The summed E-state index contributed by atoms with van der Waals surface area (Å²) in [6.45, 7) is 1.47. The van der Waals surface area contributed by atoms with E-state index < -0.39 is 6.03 Å². The molecule has 1 heterocycles. The van der Waals surface area contributed by atoms with E-state index in [1.165, 1.54) is 5.56 Å². The average Bonchev–Trinajstić information content (AvgIpc) is 2.66. The molecule has 1 aliphatic rings. The molecule has 0 radical (unpaired) electrons. The summed E-state index contributed by atoms with van der Waals surface area (Å²) in [4.78, 5) is 30.8. The number of amides is 3. The zero-order valence-corrected chi connectivity index (χ0v) is 13.9. The van der Waals surface area contributed by atoms with E-state index in [0.717, 1.165) is 17.5 Å². The van der Waals surface area contributed by atoms with Crippen LogP contribution < -0.4 is 10.8 Å². The number of nitrogens with one attached hydrogen (secondary N) is 2. The van der Waals surface area contributed by atoms with Crippen molar-refractivity contribution in [1.29, 1.82) is 0 Å². The summed E-state index contributed by atoms with van der Waals surface area (Å²) in [5, 5.41) is 2.52. The Labute approximate surface area is 146 Å². The first-order valence-corrected chi connectivity index (χ1v) is 8.26. The maximum atomic E-state index is 12.3. The molecule has 0 bridgehead atoms. The second kappa shape index (κ2) is 8.30. The fourth-order valence-corrected chi connectivity index (χ4v) is 2.77. The van der Waals surface area contributed by atoms with Crippen molar-refractivity contribution in [2.75, 3.05) is 13.1 Å². The van der Waals surface area contributed by atoms with Crippen LogP contribution in [0.4, 0.5) is 4.79 Å². The Hall–Kier alpha value is -2.86. The number of hydrogen-bond donors (Lipinski definition) is 2. The highest BCUT2D eigenvalue weighted by atomic mass is 16.7. The molecule has 130 valence electrons. The maximum absolute atomic E-state index is 12.3. The van der Waals surface area contributed by atoms with E-state index in [1.54, 1.807) is 4.90 Å². The van der Waals surface area contributed by atoms with Crippen molar-refractivity contribution in [3.63, 3.8) is 0 Å². The standard InChI is InChI=1S/C19H21N3O3/c23-18(22-11-10-16-8-4-5-9-17(16)13-22)12-20-19(24)21-25-14-15-6-2-1-3-7-15/h1-9H,10-14H2,(H2,20,21,24). The van der Waals surface area contributed by atoms with E-state index in [2.05, 4.69) is 16.9 Å². The van der Waals surface area contributed by atoms with Gasteiger partial charge in [-0.1, -0.05) is 54.6 Å². The minimum Gasteiger partial charge on any atom is -0.336 e. The van der Waals surface area contributed by atoms with Gasteiger partial charge in [0.05, 0.1) is 13.2 Å². The molecule has 2 aromatic rings. The average molecular weight is 339 g/mol. The predicted molar refractivity (Wildman–Crippen MR) is 93.3 cm³/mol. The molecular formula is C19H21N3O3. The van der Waals surface area contributed by atoms with Crippen LogP contribution in [-0.4, -0.2) is 29.9 Å². The van der Waals surface area contributed by atoms with Crippen LogP contribution in [0.1, 0.15) is 16.7 Å². The lowest BCUT2D eigenvalue weighted by atomic mass is 10.00. The number of hydrogen-bond acceptors (Lipinski definition) is 3. The van der Waals surface area contributed by atoms with Crippen LogP contribution >= 0.6 is 0 Å². The summed E-state index contributed by atoms with van der Waals surface area (Å²) < 4.78 is 0. The Bertz CT molecular complexity index is 734. The Morgan fingerprint density at radius 2 is 1.72 bits per heavy atom. The highest BCUT2D eigenvalue weighted by Crippen LogP contribution is 2.18. The van der Waals surface area contributed by atoms with E-state index in [-0.39, 0.29) is 19.1 Å². The van der Waals surface area contributed by atoms with Crippen LogP contribution in [-0.2, 0) is 29.2 Å². The van der Waals surface area contributed by atoms with Crippen LogP contribution in [0, 0.1) is 0 Å². The van der Waals surface area contributed by atoms with Gasteiger partial charge in [-0.15, -0.1) is 0 Å². The minimum absolute atomic E-state index is 0.0529. The van der Waals surface area contributed by atoms with Gasteiger partial charge in [-0.2, -0.15) is 0 Å². The van der Waals surface area contributed by atoms with Gasteiger partial charge in [-0.25, -0.2) is 10.3 Å². The van der Waals surface area contributed by atoms with Crippen molar-refractivity contribution in [2.24, 2.45) is 0 Å². The van der Waals surface area contributed by atoms with Crippen molar-refractivity contribution in [3.05, 3.63) is 71.3 Å². The monoisotopic (exact) mass is 339 g/mol. The van der Waals surface area contributed by atoms with E-state index >= 15 is 0 Å². The number of carbonyl (C=O) groups excluding carboxylic acids is 2. The summed E-state index contributed by atoms with van der Waals surface area (Å²) in [6.07, 6.45) is 0.842. The SMILES string of the molecule is O=C(NCC(=O)N1CCc2ccccc2C1)NOCc1ccccc1. The van der Waals surface area contributed by atoms with Gasteiger partial charge in [-0.05, 0) is 23.1 Å². The molecule has 3 rings (SSSR count). The van der Waals surface area contributed by atoms with Gasteiger partial charge in [0.2, 0.25) is 5.91 Å². The van der Waals surface area contributed by atoms with Crippen molar-refractivity contribution >= 4 is 11.9 Å². The van der Waals surface area contributed by atoms with Crippen LogP contribution in [0.3, 0.4) is 0 Å². The lowest BCUT2D eigenvalue weighted by molar-refractivity contribution is -0.131. The molecule has 0 saturated carbocycles. The number of benzene rings is 2. The van der Waals surface area contributed by atoms with Crippen molar-refractivity contribution in [3.8, 4) is 0 Å². The molecule has 0 aliphatic carbocycles. The Kier molecular flexibility index (Phi) is 5.64. The number of fused-ring (bicyclic) bond motifs is 1. The summed E-state index contributed by atoms with van der Waals surface area (Å²) in [5.41, 5.74) is 5.68. The topological polar surface area (TPSA) is 70.7 Å². The fourth-order valence-electron chi connectivity index (χ4n) is 2.77. The first kappa shape index (κ1) is 17.0. The normalized spacial score (nSPS) is 13.0. The first-order valence-electron chi connectivity index (χ1n) is 8.26. The molecule has 25 heavy (non-hydrogen) atoms. The van der Waals surface area contributed by atoms with Gasteiger partial charge >= 0.3 is 6.03 Å². The lowest BCUT2D eigenvalue weighted by Crippen LogP contribution is -2.45. The van der Waals surface area contributed by atoms with Crippen LogP contribution in [0.15, 0.2) is 54.6 Å². The Balaban J connectivity index is 1.38. The molecule has 6 nitrogen and oxygen atoms in total. The molecular weight excluding hydrogens is 318 g/mol. The predicted octanol–water partition coefficient (Wildman–Crippen LogP) is 2.00. The van der Waals surface area contributed by atoms with Gasteiger partial charge < -0.3 is 10.2 Å². The molecule has 0 unspecified atom stereocenters. The Morgan fingerprint density at radius 3 is 2.52 bits per heavy atom. The molecule has 0 atom stereocenters. The molecule has 1 aliphatic heterocycles. The number of urea groups is 1. The second-order valence-corrected chi connectivity index (χ2v) is 5.89. The van der Waals surface area contributed by atoms with Gasteiger partial charge in [-0.3, -0.25) is 9.63 Å². The number of carbonyl (C=O) groups is 2. The smallest absolute Gasteiger partial charge is 0.336 e. The van der Waals surface area contributed by atoms with Gasteiger partial charge in [0, 0.05) is 13.1 Å². The lowest BCUT2D eigenvalue weighted by Gasteiger charge is -2.28. The zero-order chi connectivity index (χ0) is 17.5. The summed E-state index contributed by atoms with van der Waals surface area (Å²) in [7, 11) is 0. The van der Waals surface area contributed by atoms with Crippen LogP contribution in [0.25, 0.3) is 0 Å². The summed E-state index contributed by atoms with van der Waals surface area (Å²) >= 11 is 0. The van der Waals surface area contributed by atoms with Gasteiger partial charge in [0.1, 0.15) is 0 Å². The molecule has 0 spiro atoms. The van der Waals surface area contributed by atoms with Crippen molar-refractivity contribution in [2.45, 2.75) is 19.6 Å². The maximum Gasteiger partial charge on any atom is 0.339 e. The quantitative estimate of drug-likeness (QED) is 0.819. The number of hydroxylamine groups is 1. The molecule has 0 fully saturated rings. The first-order chi connectivity index (χ1) is 12.2. The van der Waals surface area contributed by atoms with Crippen LogP contribution in [0.5, 0.6) is 0 Å². The van der Waals surface area contributed by atoms with Crippen LogP contribution in [0.2, 0.25) is 0 Å². The highest BCUT2D eigenvalue weighted by molar-refractivity contribution is 5.83. The largest absolute Gasteiger partial charge is 0.339 e. The van der Waals surface area contributed by atoms with Gasteiger partial charge in [0.25, 0.3) is 0 Å². The minimum atomic E-state index is -0.526. The fraction of sp³-hybridized carbons (Fsp3) is 0.263. The molecule has 3 amide bonds. The van der Waals surface area contributed by atoms with Crippen molar-refractivity contribution < 1.29 is 14.4 Å². The van der Waals surface area contributed by atoms with Gasteiger partial charge in [0.15, 0.2) is 0 Å². The molecule has 0 saturated heterocycles. The Morgan fingerprint density at radius 1 is 1.00 bits per heavy atom. The van der Waals surface area contributed by atoms with E-state index in [0.29, 0.717) is 13.1 Å². The number of nitrogens with zero attached hydrogens (tertiary/aromatic N) is 1. The third-order valence-electron chi connectivity index (χ3n) is 4.13. The third-order valence-corrected chi connectivity index (χ3v) is 4.13. The number of rotatable bonds is 5. The molecule has 0 aromatic heterocycles.